The molecule has 0 saturated carbocycles. The number of carboxylic acid groups (broad SMARTS) is 1. The van der Waals surface area contributed by atoms with E-state index in [9.17, 15) is 9.59 Å². The normalized spacial score (nSPS) is 9.52. The van der Waals surface area contributed by atoms with E-state index in [1.54, 1.807) is 11.8 Å². The summed E-state index contributed by atoms with van der Waals surface area (Å²) in [6, 6.07) is 3.95. The number of carbonyl (C=O) groups excluding carboxylic acids is 1. The van der Waals surface area contributed by atoms with E-state index in [2.05, 4.69) is 16.6 Å². The van der Waals surface area contributed by atoms with Crippen LogP contribution < -0.4 is 15.4 Å². The summed E-state index contributed by atoms with van der Waals surface area (Å²) in [7, 11) is 1.37. The van der Waals surface area contributed by atoms with E-state index in [0.717, 1.165) is 5.75 Å². The largest absolute Gasteiger partial charge is 0.496 e. The molecule has 0 atom stereocenters. The van der Waals surface area contributed by atoms with Gasteiger partial charge in [-0.15, -0.1) is 18.2 Å². The van der Waals surface area contributed by atoms with Crippen LogP contribution in [-0.2, 0) is 0 Å². The minimum absolute atomic E-state index is 0.0362. The van der Waals surface area contributed by atoms with E-state index in [-0.39, 0.29) is 17.3 Å². The number of methoxy groups -OCH3 is 1. The van der Waals surface area contributed by atoms with Crippen molar-refractivity contribution < 1.29 is 19.4 Å². The Hall–Kier alpha value is -2.33. The third kappa shape index (κ3) is 5.67. The maximum atomic E-state index is 11.6. The first-order valence-electron chi connectivity index (χ1n) is 6.06. The Balaban J connectivity index is 2.53. The topological polar surface area (TPSA) is 87.7 Å². The lowest BCUT2D eigenvalue weighted by atomic mass is 10.2. The zero-order valence-corrected chi connectivity index (χ0v) is 12.3. The van der Waals surface area contributed by atoms with Gasteiger partial charge in [-0.05, 0) is 12.1 Å². The smallest absolute Gasteiger partial charge is 0.339 e. The van der Waals surface area contributed by atoms with Crippen LogP contribution in [0.25, 0.3) is 0 Å². The number of aromatic carboxylic acids is 1. The van der Waals surface area contributed by atoms with Crippen LogP contribution >= 0.6 is 11.8 Å². The minimum atomic E-state index is -1.09. The summed E-state index contributed by atoms with van der Waals surface area (Å²) in [5, 5.41) is 14.2. The summed E-state index contributed by atoms with van der Waals surface area (Å²) in [4.78, 5) is 22.6. The molecule has 0 aromatic heterocycles. The summed E-state index contributed by atoms with van der Waals surface area (Å²) in [5.41, 5.74) is 0.486. The lowest BCUT2D eigenvalue weighted by molar-refractivity contribution is 0.0693. The van der Waals surface area contributed by atoms with Crippen LogP contribution in [0, 0.1) is 12.3 Å². The van der Waals surface area contributed by atoms with Gasteiger partial charge in [0.1, 0.15) is 11.3 Å². The second kappa shape index (κ2) is 8.76. The van der Waals surface area contributed by atoms with Gasteiger partial charge >= 0.3 is 12.0 Å². The molecule has 0 radical (unpaired) electrons. The number of urea groups is 1. The summed E-state index contributed by atoms with van der Waals surface area (Å²) < 4.78 is 4.98. The highest BCUT2D eigenvalue weighted by Gasteiger charge is 2.12. The maximum absolute atomic E-state index is 11.6. The molecule has 0 heterocycles. The van der Waals surface area contributed by atoms with Crippen LogP contribution in [0.5, 0.6) is 5.75 Å². The molecule has 112 valence electrons. The van der Waals surface area contributed by atoms with Gasteiger partial charge in [0.2, 0.25) is 0 Å². The number of nitrogens with one attached hydrogen (secondary N) is 2. The molecule has 21 heavy (non-hydrogen) atoms. The fourth-order valence-electron chi connectivity index (χ4n) is 1.49. The van der Waals surface area contributed by atoms with E-state index in [0.29, 0.717) is 18.0 Å². The molecule has 0 aliphatic carbocycles. The summed E-state index contributed by atoms with van der Waals surface area (Å²) >= 11 is 1.55. The third-order valence-corrected chi connectivity index (χ3v) is 3.27. The lowest BCUT2D eigenvalue weighted by Gasteiger charge is -2.10. The van der Waals surface area contributed by atoms with Gasteiger partial charge in [0, 0.05) is 24.1 Å². The number of amides is 2. The molecule has 0 unspecified atom stereocenters. The van der Waals surface area contributed by atoms with Gasteiger partial charge in [0.25, 0.3) is 0 Å². The third-order valence-electron chi connectivity index (χ3n) is 2.41. The fraction of sp³-hybridized carbons (Fsp3) is 0.286. The Morgan fingerprint density at radius 3 is 2.86 bits per heavy atom. The number of ether oxygens (including phenoxy) is 1. The van der Waals surface area contributed by atoms with Gasteiger partial charge in [-0.2, -0.15) is 0 Å². The van der Waals surface area contributed by atoms with Crippen molar-refractivity contribution in [2.24, 2.45) is 0 Å². The van der Waals surface area contributed by atoms with Crippen molar-refractivity contribution in [1.29, 1.82) is 0 Å². The Bertz CT molecular complexity index is 554. The van der Waals surface area contributed by atoms with Crippen molar-refractivity contribution in [3.63, 3.8) is 0 Å². The van der Waals surface area contributed by atoms with Crippen LogP contribution in [-0.4, -0.2) is 42.3 Å². The molecule has 2 amide bonds. The maximum Gasteiger partial charge on any atom is 0.339 e. The molecule has 7 heteroatoms. The molecule has 0 bridgehead atoms. The summed E-state index contributed by atoms with van der Waals surface area (Å²) in [5.74, 6) is 2.92. The van der Waals surface area contributed by atoms with Crippen molar-refractivity contribution in [3.05, 3.63) is 23.8 Å². The molecule has 0 aliphatic heterocycles. The van der Waals surface area contributed by atoms with Crippen LogP contribution in [0.2, 0.25) is 0 Å². The monoisotopic (exact) mass is 308 g/mol. The number of benzene rings is 1. The molecule has 0 aliphatic rings. The van der Waals surface area contributed by atoms with Gasteiger partial charge in [-0.3, -0.25) is 0 Å². The molecule has 0 fully saturated rings. The number of anilines is 1. The predicted molar refractivity (Wildman–Crippen MR) is 83.1 cm³/mol. The molecule has 1 aromatic rings. The summed E-state index contributed by atoms with van der Waals surface area (Å²) in [6.45, 7) is 0.489. The number of rotatable bonds is 7. The highest BCUT2D eigenvalue weighted by atomic mass is 32.2. The SMILES string of the molecule is C#CCSCCNC(=O)Nc1ccc(C(=O)O)c(OC)c1. The second-order valence-electron chi connectivity index (χ2n) is 3.86. The van der Waals surface area contributed by atoms with Crippen molar-refractivity contribution in [2.75, 3.05) is 30.5 Å². The highest BCUT2D eigenvalue weighted by Crippen LogP contribution is 2.23. The molecule has 1 aromatic carbocycles. The Labute approximate surface area is 127 Å². The zero-order valence-electron chi connectivity index (χ0n) is 11.5. The fourth-order valence-corrected chi connectivity index (χ4v) is 2.00. The van der Waals surface area contributed by atoms with E-state index in [4.69, 9.17) is 16.3 Å². The van der Waals surface area contributed by atoms with Gasteiger partial charge < -0.3 is 20.5 Å². The standard InChI is InChI=1S/C14H16N2O4S/c1-3-7-21-8-6-15-14(19)16-10-4-5-11(13(17)18)12(9-10)20-2/h1,4-5,9H,6-8H2,2H3,(H,17,18)(H2,15,16,19). The van der Waals surface area contributed by atoms with Gasteiger partial charge in [0.15, 0.2) is 0 Å². The molecular weight excluding hydrogens is 292 g/mol. The van der Waals surface area contributed by atoms with Crippen molar-refractivity contribution in [1.82, 2.24) is 5.32 Å². The predicted octanol–water partition coefficient (Wildman–Crippen LogP) is 1.88. The molecular formula is C14H16N2O4S. The van der Waals surface area contributed by atoms with Crippen LogP contribution in [0.1, 0.15) is 10.4 Å². The van der Waals surface area contributed by atoms with E-state index >= 15 is 0 Å². The minimum Gasteiger partial charge on any atom is -0.496 e. The Kier molecular flexibility index (Phi) is 6.98. The van der Waals surface area contributed by atoms with Crippen LogP contribution in [0.3, 0.4) is 0 Å². The quantitative estimate of drug-likeness (QED) is 0.529. The van der Waals surface area contributed by atoms with E-state index in [1.807, 2.05) is 0 Å². The Morgan fingerprint density at radius 2 is 2.24 bits per heavy atom. The van der Waals surface area contributed by atoms with Crippen LogP contribution in [0.4, 0.5) is 10.5 Å². The second-order valence-corrected chi connectivity index (χ2v) is 4.96. The highest BCUT2D eigenvalue weighted by molar-refractivity contribution is 7.99. The number of carboxylic acids is 1. The summed E-state index contributed by atoms with van der Waals surface area (Å²) in [6.07, 6.45) is 5.11. The van der Waals surface area contributed by atoms with E-state index in [1.165, 1.54) is 25.3 Å². The first-order chi connectivity index (χ1) is 10.1. The average molecular weight is 308 g/mol. The molecule has 6 nitrogen and oxygen atoms in total. The zero-order chi connectivity index (χ0) is 15.7. The number of carbonyl (C=O) groups is 2. The first kappa shape index (κ1) is 16.7. The van der Waals surface area contributed by atoms with Crippen molar-refractivity contribution in [3.8, 4) is 18.1 Å². The molecule has 1 rings (SSSR count). The van der Waals surface area contributed by atoms with Gasteiger partial charge in [-0.1, -0.05) is 5.92 Å². The van der Waals surface area contributed by atoms with Gasteiger partial charge in [0.05, 0.1) is 12.9 Å². The lowest BCUT2D eigenvalue weighted by Crippen LogP contribution is -2.30. The molecule has 0 saturated heterocycles. The Morgan fingerprint density at radius 1 is 1.48 bits per heavy atom. The molecule has 0 spiro atoms. The number of thioether (sulfide) groups is 1. The van der Waals surface area contributed by atoms with E-state index < -0.39 is 5.97 Å². The van der Waals surface area contributed by atoms with Crippen LogP contribution in [0.15, 0.2) is 18.2 Å². The number of terminal acetylenes is 1. The number of hydrogen-bond acceptors (Lipinski definition) is 4. The molecule has 3 N–H and O–H groups in total. The average Bonchev–Trinajstić information content (AvgIpc) is 2.46. The van der Waals surface area contributed by atoms with Crippen molar-refractivity contribution >= 4 is 29.4 Å². The van der Waals surface area contributed by atoms with Crippen molar-refractivity contribution in [2.45, 2.75) is 0 Å². The number of hydrogen-bond donors (Lipinski definition) is 3. The first-order valence-corrected chi connectivity index (χ1v) is 7.21. The van der Waals surface area contributed by atoms with Gasteiger partial charge in [-0.25, -0.2) is 9.59 Å².